The molecule has 0 aliphatic carbocycles. The average Bonchev–Trinajstić information content (AvgIpc) is 3.04. The first-order valence-corrected chi connectivity index (χ1v) is 10.3. The van der Waals surface area contributed by atoms with Gasteiger partial charge in [-0.1, -0.05) is 12.1 Å². The molecule has 3 aromatic rings. The number of thiazole rings is 1. The number of anilines is 1. The highest BCUT2D eigenvalue weighted by Crippen LogP contribution is 2.31. The van der Waals surface area contributed by atoms with Gasteiger partial charge in [-0.05, 0) is 43.3 Å². The minimum atomic E-state index is -3.68. The van der Waals surface area contributed by atoms with Crippen molar-refractivity contribution in [1.29, 1.82) is 0 Å². The van der Waals surface area contributed by atoms with Crippen molar-refractivity contribution in [1.82, 2.24) is 9.29 Å². The quantitative estimate of drug-likeness (QED) is 0.723. The van der Waals surface area contributed by atoms with Crippen molar-refractivity contribution < 1.29 is 13.2 Å². The molecule has 1 atom stereocenters. The number of rotatable bonds is 5. The van der Waals surface area contributed by atoms with Crippen LogP contribution in [0.5, 0.6) is 0 Å². The second kappa shape index (κ2) is 7.14. The molecule has 1 heterocycles. The van der Waals surface area contributed by atoms with E-state index in [0.29, 0.717) is 5.69 Å². The van der Waals surface area contributed by atoms with E-state index in [2.05, 4.69) is 10.3 Å². The van der Waals surface area contributed by atoms with Crippen LogP contribution in [-0.2, 0) is 14.8 Å². The lowest BCUT2D eigenvalue weighted by atomic mass is 10.3. The molecule has 0 saturated heterocycles. The van der Waals surface area contributed by atoms with Gasteiger partial charge in [0.15, 0.2) is 0 Å². The molecule has 0 radical (unpaired) electrons. The lowest BCUT2D eigenvalue weighted by Gasteiger charge is -2.22. The molecule has 0 bridgehead atoms. The largest absolute Gasteiger partial charge is 0.326 e. The summed E-state index contributed by atoms with van der Waals surface area (Å²) >= 11 is 1.49. The molecule has 8 heteroatoms. The van der Waals surface area contributed by atoms with Crippen molar-refractivity contribution in [2.45, 2.75) is 24.8 Å². The lowest BCUT2D eigenvalue weighted by Crippen LogP contribution is -2.29. The van der Waals surface area contributed by atoms with Crippen LogP contribution in [0.1, 0.15) is 24.9 Å². The zero-order valence-electron chi connectivity index (χ0n) is 14.6. The van der Waals surface area contributed by atoms with Crippen molar-refractivity contribution >= 4 is 43.2 Å². The highest BCUT2D eigenvalue weighted by Gasteiger charge is 2.28. The molecule has 0 fully saturated rings. The molecule has 26 heavy (non-hydrogen) atoms. The molecule has 0 spiro atoms. The second-order valence-electron chi connectivity index (χ2n) is 5.92. The van der Waals surface area contributed by atoms with Gasteiger partial charge in [0, 0.05) is 19.7 Å². The van der Waals surface area contributed by atoms with Crippen molar-refractivity contribution in [2.75, 3.05) is 12.4 Å². The predicted molar refractivity (Wildman–Crippen MR) is 104 cm³/mol. The van der Waals surface area contributed by atoms with E-state index < -0.39 is 16.1 Å². The Kier molecular flexibility index (Phi) is 5.08. The Labute approximate surface area is 156 Å². The number of nitrogens with zero attached hydrogens (tertiary/aromatic N) is 2. The molecule has 2 aromatic carbocycles. The third kappa shape index (κ3) is 3.62. The smallest absolute Gasteiger partial charge is 0.243 e. The lowest BCUT2D eigenvalue weighted by molar-refractivity contribution is -0.114. The molecule has 6 nitrogen and oxygen atoms in total. The summed E-state index contributed by atoms with van der Waals surface area (Å²) in [5.41, 5.74) is 1.42. The summed E-state index contributed by atoms with van der Waals surface area (Å²) in [6, 6.07) is 13.5. The predicted octanol–water partition coefficient (Wildman–Crippen LogP) is 3.64. The van der Waals surface area contributed by atoms with Gasteiger partial charge in [0.05, 0.1) is 21.2 Å². The van der Waals surface area contributed by atoms with Crippen LogP contribution in [0, 0.1) is 0 Å². The zero-order valence-corrected chi connectivity index (χ0v) is 16.3. The number of carbonyl (C=O) groups excluding carboxylic acids is 1. The third-order valence-corrected chi connectivity index (χ3v) is 7.21. The maximum atomic E-state index is 12.9. The first-order valence-electron chi connectivity index (χ1n) is 8.00. The van der Waals surface area contributed by atoms with E-state index in [1.807, 2.05) is 31.2 Å². The van der Waals surface area contributed by atoms with E-state index in [0.717, 1.165) is 15.2 Å². The Morgan fingerprint density at radius 3 is 2.42 bits per heavy atom. The Bertz CT molecular complexity index is 1010. The molecule has 1 N–H and O–H groups in total. The number of carbonyl (C=O) groups is 1. The highest BCUT2D eigenvalue weighted by atomic mass is 32.2. The van der Waals surface area contributed by atoms with Crippen molar-refractivity contribution in [3.8, 4) is 0 Å². The number of amides is 1. The zero-order chi connectivity index (χ0) is 18.9. The van der Waals surface area contributed by atoms with Crippen LogP contribution in [0.25, 0.3) is 10.2 Å². The SMILES string of the molecule is CC(=O)Nc1ccc(S(=O)(=O)N(C)[C@@H](C)c2nc3ccccc3s2)cc1. The van der Waals surface area contributed by atoms with Gasteiger partial charge in [-0.15, -0.1) is 11.3 Å². The van der Waals surface area contributed by atoms with Gasteiger partial charge < -0.3 is 5.32 Å². The number of para-hydroxylation sites is 1. The molecule has 0 saturated carbocycles. The van der Waals surface area contributed by atoms with Crippen LogP contribution in [0.15, 0.2) is 53.4 Å². The van der Waals surface area contributed by atoms with E-state index >= 15 is 0 Å². The van der Waals surface area contributed by atoms with Gasteiger partial charge in [0.2, 0.25) is 15.9 Å². The number of hydrogen-bond acceptors (Lipinski definition) is 5. The van der Waals surface area contributed by atoms with E-state index in [4.69, 9.17) is 0 Å². The molecule has 0 aliphatic rings. The van der Waals surface area contributed by atoms with Crippen LogP contribution < -0.4 is 5.32 Å². The van der Waals surface area contributed by atoms with Crippen LogP contribution in [-0.4, -0.2) is 30.7 Å². The summed E-state index contributed by atoms with van der Waals surface area (Å²) in [6.45, 7) is 3.22. The molecule has 136 valence electrons. The van der Waals surface area contributed by atoms with E-state index in [9.17, 15) is 13.2 Å². The van der Waals surface area contributed by atoms with Crippen molar-refractivity contribution in [3.05, 3.63) is 53.5 Å². The van der Waals surface area contributed by atoms with Crippen LogP contribution in [0.4, 0.5) is 5.69 Å². The van der Waals surface area contributed by atoms with Gasteiger partial charge in [0.25, 0.3) is 0 Å². The summed E-state index contributed by atoms with van der Waals surface area (Å²) in [7, 11) is -2.13. The fourth-order valence-electron chi connectivity index (χ4n) is 2.51. The van der Waals surface area contributed by atoms with Crippen LogP contribution in [0.2, 0.25) is 0 Å². The summed E-state index contributed by atoms with van der Waals surface area (Å²) in [4.78, 5) is 15.8. The average molecular weight is 390 g/mol. The van der Waals surface area contributed by atoms with Gasteiger partial charge in [0.1, 0.15) is 5.01 Å². The first kappa shape index (κ1) is 18.5. The number of aromatic nitrogens is 1. The monoisotopic (exact) mass is 389 g/mol. The molecule has 1 amide bonds. The van der Waals surface area contributed by atoms with Gasteiger partial charge in [-0.2, -0.15) is 4.31 Å². The maximum absolute atomic E-state index is 12.9. The minimum absolute atomic E-state index is 0.169. The number of hydrogen-bond donors (Lipinski definition) is 1. The van der Waals surface area contributed by atoms with E-state index in [-0.39, 0.29) is 10.8 Å². The highest BCUT2D eigenvalue weighted by molar-refractivity contribution is 7.89. The fraction of sp³-hybridized carbons (Fsp3) is 0.222. The van der Waals surface area contributed by atoms with Crippen molar-refractivity contribution in [2.24, 2.45) is 0 Å². The maximum Gasteiger partial charge on any atom is 0.243 e. The topological polar surface area (TPSA) is 79.4 Å². The number of sulfonamides is 1. The summed E-state index contributed by atoms with van der Waals surface area (Å²) in [6.07, 6.45) is 0. The Hall–Kier alpha value is -2.29. The van der Waals surface area contributed by atoms with Gasteiger partial charge >= 0.3 is 0 Å². The normalized spacial score (nSPS) is 13.1. The number of nitrogens with one attached hydrogen (secondary N) is 1. The summed E-state index contributed by atoms with van der Waals surface area (Å²) in [5, 5.41) is 3.36. The first-order chi connectivity index (χ1) is 12.3. The standard InChI is InChI=1S/C18H19N3O3S2/c1-12(18-20-16-6-4-5-7-17(16)25-18)21(3)26(23,24)15-10-8-14(9-11-15)19-13(2)22/h4-12H,1-3H3,(H,19,22)/t12-/m0/s1. The van der Waals surface area contributed by atoms with Crippen LogP contribution in [0.3, 0.4) is 0 Å². The van der Waals surface area contributed by atoms with Crippen molar-refractivity contribution in [3.63, 3.8) is 0 Å². The molecular weight excluding hydrogens is 370 g/mol. The Morgan fingerprint density at radius 2 is 1.81 bits per heavy atom. The summed E-state index contributed by atoms with van der Waals surface area (Å²) < 4.78 is 28.2. The number of fused-ring (bicyclic) bond motifs is 1. The molecule has 0 aliphatic heterocycles. The fourth-order valence-corrected chi connectivity index (χ4v) is 4.97. The summed E-state index contributed by atoms with van der Waals surface area (Å²) in [5.74, 6) is -0.206. The Morgan fingerprint density at radius 1 is 1.15 bits per heavy atom. The molecule has 1 aromatic heterocycles. The molecular formula is C18H19N3O3S2. The van der Waals surface area contributed by atoms with Gasteiger partial charge in [-0.3, -0.25) is 4.79 Å². The molecule has 0 unspecified atom stereocenters. The number of benzene rings is 2. The Balaban J connectivity index is 1.86. The van der Waals surface area contributed by atoms with Gasteiger partial charge in [-0.25, -0.2) is 13.4 Å². The molecule has 3 rings (SSSR count). The van der Waals surface area contributed by atoms with Crippen LogP contribution >= 0.6 is 11.3 Å². The van der Waals surface area contributed by atoms with E-state index in [1.165, 1.54) is 34.7 Å². The minimum Gasteiger partial charge on any atom is -0.326 e. The second-order valence-corrected chi connectivity index (χ2v) is 8.98. The van der Waals surface area contributed by atoms with E-state index in [1.54, 1.807) is 19.2 Å². The third-order valence-electron chi connectivity index (χ3n) is 4.06.